The van der Waals surface area contributed by atoms with Gasteiger partial charge in [0.25, 0.3) is 0 Å². The molecule has 0 fully saturated rings. The summed E-state index contributed by atoms with van der Waals surface area (Å²) in [5.74, 6) is -1.05. The summed E-state index contributed by atoms with van der Waals surface area (Å²) in [6.45, 7) is 7.38. The third-order valence-corrected chi connectivity index (χ3v) is 5.10. The first kappa shape index (κ1) is 17.5. The van der Waals surface area contributed by atoms with Crippen molar-refractivity contribution < 1.29 is 18.3 Å². The molecule has 0 radical (unpaired) electrons. The van der Waals surface area contributed by atoms with Crippen LogP contribution >= 0.6 is 0 Å². The number of hydrogen-bond donors (Lipinski definition) is 1. The summed E-state index contributed by atoms with van der Waals surface area (Å²) < 4.78 is 26.4. The topological polar surface area (TPSA) is 74.7 Å². The van der Waals surface area contributed by atoms with E-state index in [2.05, 4.69) is 0 Å². The first-order chi connectivity index (χ1) is 9.51. The van der Waals surface area contributed by atoms with Crippen LogP contribution in [0.15, 0.2) is 24.3 Å². The predicted octanol–water partition coefficient (Wildman–Crippen LogP) is 2.65. The molecule has 0 bridgehead atoms. The molecule has 1 rings (SSSR count). The molecule has 1 N–H and O–H groups in total. The van der Waals surface area contributed by atoms with E-state index in [9.17, 15) is 13.2 Å². The van der Waals surface area contributed by atoms with Crippen LogP contribution in [0.25, 0.3) is 0 Å². The third-order valence-electron chi connectivity index (χ3n) is 2.80. The molecule has 0 heterocycles. The van der Waals surface area contributed by atoms with Crippen molar-refractivity contribution in [3.63, 3.8) is 0 Å². The Hall–Kier alpha value is -1.56. The Morgan fingerprint density at radius 1 is 1.19 bits per heavy atom. The molecule has 0 saturated heterocycles. The van der Waals surface area contributed by atoms with Crippen LogP contribution in [0.3, 0.4) is 0 Å². The fourth-order valence-electron chi connectivity index (χ4n) is 1.96. The van der Waals surface area contributed by atoms with Gasteiger partial charge >= 0.3 is 5.97 Å². The molecule has 1 aromatic carbocycles. The summed E-state index contributed by atoms with van der Waals surface area (Å²) in [4.78, 5) is 10.8. The highest BCUT2D eigenvalue weighted by atomic mass is 32.2. The minimum absolute atomic E-state index is 0.0342. The van der Waals surface area contributed by atoms with E-state index >= 15 is 0 Å². The standard InChI is InChI=1S/C15H23NO4S/c1-12-5-7-13(8-6-12)16(10-9-14(17)18)21(19,20)11-15(2,3)4/h5-8H,9-11H2,1-4H3,(H,17,18). The van der Waals surface area contributed by atoms with E-state index in [1.54, 1.807) is 12.1 Å². The zero-order valence-electron chi connectivity index (χ0n) is 13.0. The third kappa shape index (κ3) is 5.75. The number of carboxylic acids is 1. The van der Waals surface area contributed by atoms with Crippen LogP contribution < -0.4 is 4.31 Å². The van der Waals surface area contributed by atoms with Gasteiger partial charge in [0.1, 0.15) is 0 Å². The fraction of sp³-hybridized carbons (Fsp3) is 0.533. The van der Waals surface area contributed by atoms with Crippen LogP contribution in [0.2, 0.25) is 0 Å². The van der Waals surface area contributed by atoms with Gasteiger partial charge in [-0.1, -0.05) is 38.5 Å². The number of aryl methyl sites for hydroxylation is 1. The van der Waals surface area contributed by atoms with Gasteiger partial charge in [0.15, 0.2) is 0 Å². The lowest BCUT2D eigenvalue weighted by atomic mass is 10.0. The van der Waals surface area contributed by atoms with E-state index in [-0.39, 0.29) is 18.7 Å². The number of anilines is 1. The van der Waals surface area contributed by atoms with Crippen molar-refractivity contribution in [1.82, 2.24) is 0 Å². The van der Waals surface area contributed by atoms with Crippen LogP contribution in [-0.4, -0.2) is 31.8 Å². The van der Waals surface area contributed by atoms with E-state index in [0.717, 1.165) is 5.56 Å². The number of sulfonamides is 1. The lowest BCUT2D eigenvalue weighted by Gasteiger charge is -2.28. The zero-order valence-corrected chi connectivity index (χ0v) is 13.8. The van der Waals surface area contributed by atoms with Crippen LogP contribution in [-0.2, 0) is 14.8 Å². The number of carbonyl (C=O) groups is 1. The highest BCUT2D eigenvalue weighted by Gasteiger charge is 2.28. The van der Waals surface area contributed by atoms with Gasteiger partial charge in [0.2, 0.25) is 10.0 Å². The molecule has 0 aromatic heterocycles. The number of benzene rings is 1. The van der Waals surface area contributed by atoms with Crippen LogP contribution in [0.1, 0.15) is 32.8 Å². The Labute approximate surface area is 126 Å². The van der Waals surface area contributed by atoms with E-state index in [1.165, 1.54) is 4.31 Å². The average molecular weight is 313 g/mol. The van der Waals surface area contributed by atoms with E-state index in [0.29, 0.717) is 5.69 Å². The second kappa shape index (κ2) is 6.47. The van der Waals surface area contributed by atoms with Gasteiger partial charge in [-0.15, -0.1) is 0 Å². The first-order valence-corrected chi connectivity index (χ1v) is 8.41. The van der Waals surface area contributed by atoms with Gasteiger partial charge in [-0.05, 0) is 24.5 Å². The lowest BCUT2D eigenvalue weighted by molar-refractivity contribution is -0.136. The fourth-order valence-corrected chi connectivity index (χ4v) is 4.02. The summed E-state index contributed by atoms with van der Waals surface area (Å²) in [5.41, 5.74) is 1.13. The molecule has 0 spiro atoms. The molecule has 0 amide bonds. The van der Waals surface area contributed by atoms with Crippen molar-refractivity contribution in [3.8, 4) is 0 Å². The molecule has 5 nitrogen and oxygen atoms in total. The smallest absolute Gasteiger partial charge is 0.305 e. The highest BCUT2D eigenvalue weighted by molar-refractivity contribution is 7.92. The van der Waals surface area contributed by atoms with Gasteiger partial charge in [-0.3, -0.25) is 9.10 Å². The molecule has 118 valence electrons. The Balaban J connectivity index is 3.12. The molecule has 0 aliphatic carbocycles. The van der Waals surface area contributed by atoms with Crippen molar-refractivity contribution in [1.29, 1.82) is 0 Å². The largest absolute Gasteiger partial charge is 0.481 e. The summed E-state index contributed by atoms with van der Waals surface area (Å²) in [7, 11) is -3.57. The Kier molecular flexibility index (Phi) is 5.39. The Morgan fingerprint density at radius 3 is 2.14 bits per heavy atom. The molecule has 1 aromatic rings. The monoisotopic (exact) mass is 313 g/mol. The van der Waals surface area contributed by atoms with E-state index < -0.39 is 21.4 Å². The van der Waals surface area contributed by atoms with Gasteiger partial charge in [-0.2, -0.15) is 0 Å². The first-order valence-electron chi connectivity index (χ1n) is 6.80. The summed E-state index contributed by atoms with van der Waals surface area (Å²) in [6, 6.07) is 7.04. The summed E-state index contributed by atoms with van der Waals surface area (Å²) >= 11 is 0. The maximum absolute atomic E-state index is 12.6. The number of rotatable bonds is 6. The minimum atomic E-state index is -3.57. The molecule has 21 heavy (non-hydrogen) atoms. The van der Waals surface area contributed by atoms with Gasteiger partial charge < -0.3 is 5.11 Å². The van der Waals surface area contributed by atoms with Gasteiger partial charge in [0.05, 0.1) is 17.9 Å². The number of hydrogen-bond acceptors (Lipinski definition) is 3. The normalized spacial score (nSPS) is 12.2. The predicted molar refractivity (Wildman–Crippen MR) is 84.0 cm³/mol. The van der Waals surface area contributed by atoms with Crippen LogP contribution in [0.4, 0.5) is 5.69 Å². The lowest BCUT2D eigenvalue weighted by Crippen LogP contribution is -2.38. The quantitative estimate of drug-likeness (QED) is 0.876. The second-order valence-corrected chi connectivity index (χ2v) is 8.26. The SMILES string of the molecule is Cc1ccc(N(CCC(=O)O)S(=O)(=O)CC(C)(C)C)cc1. The Bertz CT molecular complexity index is 585. The molecule has 0 saturated carbocycles. The summed E-state index contributed by atoms with van der Waals surface area (Å²) in [5, 5.41) is 8.83. The molecule has 0 unspecified atom stereocenters. The van der Waals surface area contributed by atoms with Crippen molar-refractivity contribution in [2.45, 2.75) is 34.1 Å². The molecule has 0 atom stereocenters. The minimum Gasteiger partial charge on any atom is -0.481 e. The van der Waals surface area contributed by atoms with Gasteiger partial charge in [0, 0.05) is 6.54 Å². The van der Waals surface area contributed by atoms with Crippen molar-refractivity contribution in [3.05, 3.63) is 29.8 Å². The van der Waals surface area contributed by atoms with Crippen molar-refractivity contribution >= 4 is 21.7 Å². The molecular weight excluding hydrogens is 290 g/mol. The maximum Gasteiger partial charge on any atom is 0.305 e. The summed E-state index contributed by atoms with van der Waals surface area (Å²) in [6.07, 6.45) is -0.225. The number of carboxylic acid groups (broad SMARTS) is 1. The molecular formula is C15H23NO4S. The Morgan fingerprint density at radius 2 is 1.71 bits per heavy atom. The molecule has 6 heteroatoms. The van der Waals surface area contributed by atoms with Crippen LogP contribution in [0.5, 0.6) is 0 Å². The zero-order chi connectivity index (χ0) is 16.3. The second-order valence-electron chi connectivity index (χ2n) is 6.37. The van der Waals surface area contributed by atoms with E-state index in [1.807, 2.05) is 39.8 Å². The van der Waals surface area contributed by atoms with Gasteiger partial charge in [-0.25, -0.2) is 8.42 Å². The maximum atomic E-state index is 12.6. The van der Waals surface area contributed by atoms with Crippen molar-refractivity contribution in [2.24, 2.45) is 5.41 Å². The van der Waals surface area contributed by atoms with Crippen molar-refractivity contribution in [2.75, 3.05) is 16.6 Å². The molecule has 0 aliphatic heterocycles. The molecule has 0 aliphatic rings. The average Bonchev–Trinajstić information content (AvgIpc) is 2.27. The van der Waals surface area contributed by atoms with Crippen LogP contribution in [0, 0.1) is 12.3 Å². The number of nitrogens with zero attached hydrogens (tertiary/aromatic N) is 1. The van der Waals surface area contributed by atoms with E-state index in [4.69, 9.17) is 5.11 Å². The number of aliphatic carboxylic acids is 1. The highest BCUT2D eigenvalue weighted by Crippen LogP contribution is 2.24.